The van der Waals surface area contributed by atoms with Gasteiger partial charge in [-0.2, -0.15) is 13.2 Å². The van der Waals surface area contributed by atoms with Crippen LogP contribution in [0.4, 0.5) is 18.9 Å². The molecule has 0 bridgehead atoms. The summed E-state index contributed by atoms with van der Waals surface area (Å²) in [6.45, 7) is 3.11. The van der Waals surface area contributed by atoms with Crippen LogP contribution >= 0.6 is 0 Å². The number of hydrogen-bond donors (Lipinski definition) is 2. The number of alkyl halides is 3. The van der Waals surface area contributed by atoms with Crippen molar-refractivity contribution in [3.8, 4) is 0 Å². The van der Waals surface area contributed by atoms with Crippen LogP contribution in [-0.2, 0) is 16.1 Å². The Labute approximate surface area is 157 Å². The van der Waals surface area contributed by atoms with Gasteiger partial charge in [-0.1, -0.05) is 25.0 Å². The molecule has 1 saturated carbocycles. The molecule has 27 heavy (non-hydrogen) atoms. The predicted octanol–water partition coefficient (Wildman–Crippen LogP) is 3.44. The van der Waals surface area contributed by atoms with E-state index in [0.717, 1.165) is 24.2 Å². The third kappa shape index (κ3) is 5.45. The van der Waals surface area contributed by atoms with Crippen molar-refractivity contribution < 1.29 is 22.8 Å². The molecule has 1 fully saturated rings. The maximum Gasteiger partial charge on any atom is 0.471 e. The lowest BCUT2D eigenvalue weighted by molar-refractivity contribution is -0.185. The summed E-state index contributed by atoms with van der Waals surface area (Å²) in [7, 11) is 0. The molecule has 1 aliphatic rings. The zero-order valence-electron chi connectivity index (χ0n) is 15.6. The number of amides is 2. The second-order valence-electron chi connectivity index (χ2n) is 7.31. The smallest absolute Gasteiger partial charge is 0.331 e. The van der Waals surface area contributed by atoms with Crippen molar-refractivity contribution in [2.24, 2.45) is 11.7 Å². The molecule has 3 N–H and O–H groups in total. The zero-order chi connectivity index (χ0) is 20.2. The molecular formula is C19H26F3N3O2. The third-order valence-electron chi connectivity index (χ3n) is 5.05. The number of nitrogens with two attached hydrogens (primary N) is 1. The van der Waals surface area contributed by atoms with E-state index in [1.807, 2.05) is 6.92 Å². The molecule has 0 aliphatic heterocycles. The molecular weight excluding hydrogens is 359 g/mol. The van der Waals surface area contributed by atoms with Gasteiger partial charge in [-0.05, 0) is 44.4 Å². The topological polar surface area (TPSA) is 75.4 Å². The van der Waals surface area contributed by atoms with Crippen LogP contribution in [0.25, 0.3) is 0 Å². The van der Waals surface area contributed by atoms with Gasteiger partial charge in [0.25, 0.3) is 0 Å². The van der Waals surface area contributed by atoms with Crippen LogP contribution in [0.5, 0.6) is 0 Å². The zero-order valence-corrected chi connectivity index (χ0v) is 15.6. The van der Waals surface area contributed by atoms with Crippen LogP contribution < -0.4 is 11.1 Å². The Morgan fingerprint density at radius 3 is 2.63 bits per heavy atom. The first kappa shape index (κ1) is 21.2. The minimum atomic E-state index is -4.91. The maximum absolute atomic E-state index is 12.7. The minimum Gasteiger partial charge on any atom is -0.331 e. The summed E-state index contributed by atoms with van der Waals surface area (Å²) in [5.74, 6) is -2.37. The van der Waals surface area contributed by atoms with Crippen LogP contribution in [0.15, 0.2) is 24.3 Å². The van der Waals surface area contributed by atoms with E-state index in [1.54, 1.807) is 24.3 Å². The van der Waals surface area contributed by atoms with Gasteiger partial charge in [-0.15, -0.1) is 0 Å². The number of benzene rings is 1. The molecule has 2 amide bonds. The van der Waals surface area contributed by atoms with Gasteiger partial charge in [0.05, 0.1) is 5.92 Å². The summed E-state index contributed by atoms with van der Waals surface area (Å²) in [4.78, 5) is 24.8. The number of halogens is 3. The highest BCUT2D eigenvalue weighted by Gasteiger charge is 2.42. The lowest BCUT2D eigenvalue weighted by atomic mass is 9.74. The minimum absolute atomic E-state index is 0.0669. The lowest BCUT2D eigenvalue weighted by Gasteiger charge is -2.37. The fraction of sp³-hybridized carbons (Fsp3) is 0.579. The van der Waals surface area contributed by atoms with Crippen LogP contribution in [-0.4, -0.2) is 35.0 Å². The predicted molar refractivity (Wildman–Crippen MR) is 96.8 cm³/mol. The number of rotatable bonds is 5. The molecule has 2 atom stereocenters. The summed E-state index contributed by atoms with van der Waals surface area (Å²) in [5, 5.41) is 2.81. The highest BCUT2D eigenvalue weighted by Crippen LogP contribution is 2.32. The Hall–Kier alpha value is -2.09. The molecule has 1 aromatic carbocycles. The van der Waals surface area contributed by atoms with Crippen molar-refractivity contribution in [1.82, 2.24) is 4.90 Å². The highest BCUT2D eigenvalue weighted by molar-refractivity contribution is 5.93. The molecule has 1 aromatic rings. The van der Waals surface area contributed by atoms with E-state index in [2.05, 4.69) is 5.32 Å². The Bertz CT molecular complexity index is 689. The van der Waals surface area contributed by atoms with E-state index in [0.29, 0.717) is 17.7 Å². The molecule has 0 radical (unpaired) electrons. The average Bonchev–Trinajstić information content (AvgIpc) is 2.58. The number of carbonyl (C=O) groups is 2. The van der Waals surface area contributed by atoms with E-state index in [1.165, 1.54) is 6.92 Å². The van der Waals surface area contributed by atoms with Gasteiger partial charge >= 0.3 is 12.1 Å². The second-order valence-corrected chi connectivity index (χ2v) is 7.31. The van der Waals surface area contributed by atoms with E-state index in [9.17, 15) is 22.8 Å². The van der Waals surface area contributed by atoms with Crippen LogP contribution in [0, 0.1) is 5.92 Å². The van der Waals surface area contributed by atoms with Crippen molar-refractivity contribution in [3.05, 3.63) is 29.8 Å². The summed E-state index contributed by atoms with van der Waals surface area (Å²) >= 11 is 0. The van der Waals surface area contributed by atoms with Gasteiger partial charge in [0.1, 0.15) is 0 Å². The van der Waals surface area contributed by atoms with E-state index < -0.39 is 17.6 Å². The molecule has 0 saturated heterocycles. The standard InChI is InChI=1S/C19H26F3N3O2/c1-3-25(17(27)19(20,21)22)12-13-7-6-8-14(11-13)24-16(26)15-9-4-5-10-18(15,2)23/h6-8,11,15H,3-5,9-10,12,23H2,1-2H3,(H,24,26). The summed E-state index contributed by atoms with van der Waals surface area (Å²) in [6, 6.07) is 6.51. The molecule has 0 aromatic heterocycles. The highest BCUT2D eigenvalue weighted by atomic mass is 19.4. The molecule has 0 spiro atoms. The Morgan fingerprint density at radius 2 is 2.04 bits per heavy atom. The van der Waals surface area contributed by atoms with Crippen LogP contribution in [0.2, 0.25) is 0 Å². The molecule has 150 valence electrons. The van der Waals surface area contributed by atoms with E-state index in [-0.39, 0.29) is 24.9 Å². The molecule has 8 heteroatoms. The number of nitrogens with zero attached hydrogens (tertiary/aromatic N) is 1. The first-order valence-corrected chi connectivity index (χ1v) is 9.09. The van der Waals surface area contributed by atoms with E-state index >= 15 is 0 Å². The largest absolute Gasteiger partial charge is 0.471 e. The lowest BCUT2D eigenvalue weighted by Crippen LogP contribution is -2.51. The van der Waals surface area contributed by atoms with Gasteiger partial charge in [-0.25, -0.2) is 0 Å². The summed E-state index contributed by atoms with van der Waals surface area (Å²) in [6.07, 6.45) is -1.49. The van der Waals surface area contributed by atoms with E-state index in [4.69, 9.17) is 5.73 Å². The monoisotopic (exact) mass is 385 g/mol. The molecule has 2 rings (SSSR count). The maximum atomic E-state index is 12.7. The molecule has 2 unspecified atom stereocenters. The second kappa shape index (κ2) is 8.29. The van der Waals surface area contributed by atoms with Gasteiger partial charge in [0.2, 0.25) is 5.91 Å². The summed E-state index contributed by atoms with van der Waals surface area (Å²) in [5.41, 5.74) is 6.67. The number of carbonyl (C=O) groups excluding carboxylic acids is 2. The van der Waals surface area contributed by atoms with Crippen molar-refractivity contribution in [2.45, 2.75) is 57.8 Å². The fourth-order valence-corrected chi connectivity index (χ4v) is 3.49. The average molecular weight is 385 g/mol. The van der Waals surface area contributed by atoms with Crippen molar-refractivity contribution in [2.75, 3.05) is 11.9 Å². The number of hydrogen-bond acceptors (Lipinski definition) is 3. The quantitative estimate of drug-likeness (QED) is 0.815. The summed E-state index contributed by atoms with van der Waals surface area (Å²) < 4.78 is 38.0. The van der Waals surface area contributed by atoms with Gasteiger partial charge in [0.15, 0.2) is 0 Å². The van der Waals surface area contributed by atoms with Crippen LogP contribution in [0.1, 0.15) is 45.1 Å². The van der Waals surface area contributed by atoms with Crippen LogP contribution in [0.3, 0.4) is 0 Å². The molecule has 1 aliphatic carbocycles. The normalized spacial score (nSPS) is 23.0. The Kier molecular flexibility index (Phi) is 6.51. The first-order valence-electron chi connectivity index (χ1n) is 9.09. The van der Waals surface area contributed by atoms with Gasteiger partial charge in [0, 0.05) is 24.3 Å². The Balaban J connectivity index is 2.08. The number of nitrogens with one attached hydrogen (secondary N) is 1. The number of anilines is 1. The van der Waals surface area contributed by atoms with Crippen molar-refractivity contribution in [1.29, 1.82) is 0 Å². The molecule has 5 nitrogen and oxygen atoms in total. The van der Waals surface area contributed by atoms with Gasteiger partial charge in [-0.3, -0.25) is 9.59 Å². The van der Waals surface area contributed by atoms with Crippen molar-refractivity contribution in [3.63, 3.8) is 0 Å². The first-order chi connectivity index (χ1) is 12.5. The fourth-order valence-electron chi connectivity index (χ4n) is 3.49. The Morgan fingerprint density at radius 1 is 1.33 bits per heavy atom. The van der Waals surface area contributed by atoms with Crippen molar-refractivity contribution >= 4 is 17.5 Å². The third-order valence-corrected chi connectivity index (χ3v) is 5.05. The van der Waals surface area contributed by atoms with Gasteiger partial charge < -0.3 is 16.0 Å². The SMILES string of the molecule is CCN(Cc1cccc(NC(=O)C2CCCCC2(C)N)c1)C(=O)C(F)(F)F. The molecule has 0 heterocycles.